The molecule has 0 unspecified atom stereocenters. The first-order chi connectivity index (χ1) is 21.3. The number of primary sulfonamides is 1. The third-order valence-corrected chi connectivity index (χ3v) is 10.4. The van der Waals surface area contributed by atoms with Crippen LogP contribution in [0.3, 0.4) is 0 Å². The summed E-state index contributed by atoms with van der Waals surface area (Å²) in [6, 6.07) is 20.7. The number of benzene rings is 4. The third kappa shape index (κ3) is 7.63. The van der Waals surface area contributed by atoms with Gasteiger partial charge in [-0.25, -0.2) is 22.0 Å². The summed E-state index contributed by atoms with van der Waals surface area (Å²) >= 11 is 5.98. The summed E-state index contributed by atoms with van der Waals surface area (Å²) in [5.74, 6) is -0.529. The monoisotopic (exact) mass is 672 g/mol. The van der Waals surface area contributed by atoms with E-state index in [9.17, 15) is 26.4 Å². The van der Waals surface area contributed by atoms with E-state index in [1.165, 1.54) is 17.0 Å². The van der Waals surface area contributed by atoms with Gasteiger partial charge >= 0.3 is 0 Å². The van der Waals surface area contributed by atoms with Crippen molar-refractivity contribution in [3.63, 3.8) is 0 Å². The summed E-state index contributed by atoms with van der Waals surface area (Å²) in [7, 11) is -7.50. The summed E-state index contributed by atoms with van der Waals surface area (Å²) in [6.45, 7) is 3.95. The van der Waals surface area contributed by atoms with Crippen LogP contribution in [0.25, 0.3) is 21.5 Å². The zero-order valence-corrected chi connectivity index (χ0v) is 26.8. The van der Waals surface area contributed by atoms with Gasteiger partial charge in [-0.1, -0.05) is 54.1 Å². The van der Waals surface area contributed by atoms with E-state index in [0.717, 1.165) is 21.5 Å². The number of halogens is 1. The molecule has 3 N–H and O–H groups in total. The molecule has 0 saturated carbocycles. The van der Waals surface area contributed by atoms with Crippen LogP contribution < -0.4 is 9.86 Å². The molecule has 45 heavy (non-hydrogen) atoms. The number of carbonyl (C=O) groups excluding carboxylic acids is 2. The lowest BCUT2D eigenvalue weighted by molar-refractivity contribution is -0.146. The first-order valence-corrected chi connectivity index (χ1v) is 17.6. The van der Waals surface area contributed by atoms with Crippen LogP contribution in [0.1, 0.15) is 13.3 Å². The van der Waals surface area contributed by atoms with Crippen molar-refractivity contribution < 1.29 is 31.2 Å². The molecule has 11 nitrogen and oxygen atoms in total. The minimum Gasteiger partial charge on any atom is -0.378 e. The van der Waals surface area contributed by atoms with Crippen molar-refractivity contribution in [1.82, 2.24) is 14.5 Å². The molecule has 0 aliphatic carbocycles. The van der Waals surface area contributed by atoms with Gasteiger partial charge in [0.05, 0.1) is 23.0 Å². The molecule has 2 heterocycles. The summed E-state index contributed by atoms with van der Waals surface area (Å²) in [6.07, 6.45) is 0.308. The molecule has 2 saturated heterocycles. The number of nitrogens with two attached hydrogens (primary N) is 1. The number of amides is 2. The van der Waals surface area contributed by atoms with Gasteiger partial charge in [0.15, 0.2) is 0 Å². The SMILES string of the molecule is C[C@H](C(=O)N1CCOCC1)N1CC[C@H](NS(=O)(=O)c2ccc3cc(Cl)ccc3c2)C1=O.NS(=O)(=O)c1ccc2ccccc2c1. The normalized spacial score (nSPS) is 18.1. The lowest BCUT2D eigenvalue weighted by Crippen LogP contribution is -2.52. The first-order valence-electron chi connectivity index (χ1n) is 14.2. The Bertz CT molecular complexity index is 1970. The molecule has 2 amide bonds. The highest BCUT2D eigenvalue weighted by Gasteiger charge is 2.40. The Morgan fingerprint density at radius 1 is 0.867 bits per heavy atom. The zero-order chi connectivity index (χ0) is 32.4. The first kappa shape index (κ1) is 32.8. The van der Waals surface area contributed by atoms with Crippen molar-refractivity contribution in [1.29, 1.82) is 0 Å². The Balaban J connectivity index is 0.000000238. The van der Waals surface area contributed by atoms with Crippen LogP contribution >= 0.6 is 11.6 Å². The number of fused-ring (bicyclic) bond motifs is 2. The minimum absolute atomic E-state index is 0.0750. The Kier molecular flexibility index (Phi) is 9.77. The maximum absolute atomic E-state index is 12.9. The van der Waals surface area contributed by atoms with Gasteiger partial charge in [0.2, 0.25) is 31.9 Å². The summed E-state index contributed by atoms with van der Waals surface area (Å²) in [5.41, 5.74) is 0. The van der Waals surface area contributed by atoms with E-state index in [-0.39, 0.29) is 21.6 Å². The van der Waals surface area contributed by atoms with E-state index in [4.69, 9.17) is 21.5 Å². The molecule has 0 radical (unpaired) electrons. The number of carbonyl (C=O) groups is 2. The smallest absolute Gasteiger partial charge is 0.245 e. The van der Waals surface area contributed by atoms with Gasteiger partial charge in [0.25, 0.3) is 0 Å². The van der Waals surface area contributed by atoms with Crippen molar-refractivity contribution in [3.8, 4) is 0 Å². The van der Waals surface area contributed by atoms with Crippen molar-refractivity contribution >= 4 is 65.0 Å². The molecule has 2 aliphatic rings. The van der Waals surface area contributed by atoms with Crippen molar-refractivity contribution in [2.45, 2.75) is 35.2 Å². The third-order valence-electron chi connectivity index (χ3n) is 7.82. The largest absolute Gasteiger partial charge is 0.378 e. The highest BCUT2D eigenvalue weighted by molar-refractivity contribution is 7.89. The van der Waals surface area contributed by atoms with Gasteiger partial charge in [0.1, 0.15) is 12.1 Å². The molecule has 4 aromatic rings. The number of sulfonamides is 2. The molecule has 2 fully saturated rings. The average molecular weight is 673 g/mol. The molecule has 0 bridgehead atoms. The average Bonchev–Trinajstić information content (AvgIpc) is 3.38. The van der Waals surface area contributed by atoms with Crippen molar-refractivity contribution in [3.05, 3.63) is 83.9 Å². The zero-order valence-electron chi connectivity index (χ0n) is 24.4. The number of nitrogens with one attached hydrogen (secondary N) is 1. The van der Waals surface area contributed by atoms with Gasteiger partial charge in [-0.2, -0.15) is 4.72 Å². The topological polar surface area (TPSA) is 156 Å². The molecule has 2 aliphatic heterocycles. The van der Waals surface area contributed by atoms with E-state index >= 15 is 0 Å². The fourth-order valence-corrected chi connectivity index (χ4v) is 7.33. The van der Waals surface area contributed by atoms with E-state index in [1.807, 2.05) is 24.3 Å². The Morgan fingerprint density at radius 3 is 2.16 bits per heavy atom. The van der Waals surface area contributed by atoms with Crippen LogP contribution in [-0.2, 0) is 34.4 Å². The maximum Gasteiger partial charge on any atom is 0.245 e. The van der Waals surface area contributed by atoms with Crippen LogP contribution in [0.5, 0.6) is 0 Å². The van der Waals surface area contributed by atoms with E-state index < -0.39 is 32.1 Å². The predicted molar refractivity (Wildman–Crippen MR) is 172 cm³/mol. The fraction of sp³-hybridized carbons (Fsp3) is 0.290. The maximum atomic E-state index is 12.9. The summed E-state index contributed by atoms with van der Waals surface area (Å²) in [5, 5.41) is 9.02. The summed E-state index contributed by atoms with van der Waals surface area (Å²) < 4.78 is 55.7. The fourth-order valence-electron chi connectivity index (χ4n) is 5.34. The van der Waals surface area contributed by atoms with E-state index in [2.05, 4.69) is 4.72 Å². The Hall–Kier alpha value is -3.59. The van der Waals surface area contributed by atoms with Gasteiger partial charge < -0.3 is 14.5 Å². The second-order valence-electron chi connectivity index (χ2n) is 10.8. The summed E-state index contributed by atoms with van der Waals surface area (Å²) in [4.78, 5) is 29.0. The van der Waals surface area contributed by atoms with Crippen molar-refractivity contribution in [2.24, 2.45) is 5.14 Å². The van der Waals surface area contributed by atoms with Crippen LogP contribution in [0.2, 0.25) is 5.02 Å². The standard InChI is InChI=1S/C21H24ClN3O5S.C10H9NO2S/c1-14(20(26)24-8-10-30-11-9-24)25-7-6-19(21(25)27)23-31(28,29)18-5-3-15-12-17(22)4-2-16(15)13-18;11-14(12,13)10-6-5-8-3-1-2-4-9(8)7-10/h2-5,12-14,19,23H,6-11H2,1H3;1-7H,(H2,11,12,13)/t14-,19+;/m1./s1. The van der Waals surface area contributed by atoms with Gasteiger partial charge in [-0.05, 0) is 71.3 Å². The molecule has 0 aromatic heterocycles. The minimum atomic E-state index is -3.91. The second kappa shape index (κ2) is 13.4. The van der Waals surface area contributed by atoms with E-state index in [0.29, 0.717) is 44.3 Å². The Morgan fingerprint density at radius 2 is 1.44 bits per heavy atom. The lowest BCUT2D eigenvalue weighted by Gasteiger charge is -2.32. The van der Waals surface area contributed by atoms with Crippen LogP contribution in [0, 0.1) is 0 Å². The van der Waals surface area contributed by atoms with Gasteiger partial charge in [-0.15, -0.1) is 0 Å². The molecule has 4 aromatic carbocycles. The molecular weight excluding hydrogens is 640 g/mol. The highest BCUT2D eigenvalue weighted by Crippen LogP contribution is 2.24. The number of ether oxygens (including phenoxy) is 1. The van der Waals surface area contributed by atoms with Crippen molar-refractivity contribution in [2.75, 3.05) is 32.8 Å². The molecule has 238 valence electrons. The number of rotatable bonds is 6. The van der Waals surface area contributed by atoms with Crippen LogP contribution in [0.15, 0.2) is 88.7 Å². The molecule has 2 atom stereocenters. The van der Waals surface area contributed by atoms with Crippen LogP contribution in [0.4, 0.5) is 0 Å². The van der Waals surface area contributed by atoms with Crippen LogP contribution in [-0.4, -0.2) is 83.4 Å². The van der Waals surface area contributed by atoms with E-state index in [1.54, 1.807) is 54.3 Å². The second-order valence-corrected chi connectivity index (χ2v) is 14.5. The number of hydrogen-bond acceptors (Lipinski definition) is 7. The number of nitrogens with zero attached hydrogens (tertiary/aromatic N) is 2. The lowest BCUT2D eigenvalue weighted by atomic mass is 10.1. The molecular formula is C31H33ClN4O7S2. The number of hydrogen-bond donors (Lipinski definition) is 2. The molecule has 0 spiro atoms. The Labute approximate surface area is 267 Å². The predicted octanol–water partition coefficient (Wildman–Crippen LogP) is 3.11. The molecule has 14 heteroatoms. The van der Waals surface area contributed by atoms with Gasteiger partial charge in [0, 0.05) is 24.7 Å². The quantitative estimate of drug-likeness (QED) is 0.319. The molecule has 6 rings (SSSR count). The number of morpholine rings is 1. The highest BCUT2D eigenvalue weighted by atomic mass is 35.5. The number of likely N-dealkylation sites (tertiary alicyclic amines) is 1. The van der Waals surface area contributed by atoms with Gasteiger partial charge in [-0.3, -0.25) is 9.59 Å².